The number of alkyl halides is 1. The maximum Gasteiger partial charge on any atom is 0.323 e. The Labute approximate surface area is 161 Å². The van der Waals surface area contributed by atoms with Crippen LogP contribution >= 0.6 is 15.9 Å². The minimum absolute atomic E-state index is 0. The minimum atomic E-state index is -0.706. The molecule has 3 atom stereocenters. The molecule has 25 heavy (non-hydrogen) atoms. The Kier molecular flexibility index (Phi) is 26.1. The van der Waals surface area contributed by atoms with E-state index in [2.05, 4.69) is 20.7 Å². The van der Waals surface area contributed by atoms with Gasteiger partial charge in [0.15, 0.2) is 0 Å². The number of carbonyl (C=O) groups excluding carboxylic acids is 2. The summed E-state index contributed by atoms with van der Waals surface area (Å²) in [6.07, 6.45) is 3.39. The lowest BCUT2D eigenvalue weighted by Crippen LogP contribution is -2.10. The predicted molar refractivity (Wildman–Crippen MR) is 106 cm³/mol. The summed E-state index contributed by atoms with van der Waals surface area (Å²) in [7, 11) is 0. The van der Waals surface area contributed by atoms with Gasteiger partial charge in [-0.05, 0) is 19.3 Å². The van der Waals surface area contributed by atoms with Crippen LogP contribution in [-0.2, 0) is 14.4 Å². The van der Waals surface area contributed by atoms with Gasteiger partial charge < -0.3 is 10.6 Å². The summed E-state index contributed by atoms with van der Waals surface area (Å²) in [6.45, 7) is 11.2. The van der Waals surface area contributed by atoms with Gasteiger partial charge in [0.1, 0.15) is 5.78 Å². The molecule has 0 aromatic heterocycles. The largest absolute Gasteiger partial charge is 0.481 e. The first kappa shape index (κ1) is 31.4. The number of Topliss-reactive ketones (excluding diaryl/α,β-unsaturated/α-hetero) is 2. The van der Waals surface area contributed by atoms with E-state index < -0.39 is 5.97 Å². The first-order valence-electron chi connectivity index (χ1n) is 8.15. The number of rotatable bonds is 8. The van der Waals surface area contributed by atoms with Gasteiger partial charge in [0, 0.05) is 11.8 Å². The predicted octanol–water partition coefficient (Wildman–Crippen LogP) is 4.65. The van der Waals surface area contributed by atoms with E-state index in [0.29, 0.717) is 11.1 Å². The van der Waals surface area contributed by atoms with Gasteiger partial charge in [-0.1, -0.05) is 64.9 Å². The zero-order chi connectivity index (χ0) is 19.7. The Bertz CT molecular complexity index is 421. The minimum Gasteiger partial charge on any atom is -0.481 e. The van der Waals surface area contributed by atoms with E-state index in [0.717, 1.165) is 25.5 Å². The van der Waals surface area contributed by atoms with Crippen LogP contribution in [-0.4, -0.2) is 39.0 Å². The number of hydrogen-bond donors (Lipinski definition) is 1. The Hall–Kier alpha value is -1.33. The molecular formula is C18H35BrN2O4. The highest BCUT2D eigenvalue weighted by Gasteiger charge is 2.10. The Balaban J connectivity index is -0.000000131. The fourth-order valence-corrected chi connectivity index (χ4v) is 1.47. The average molecular weight is 423 g/mol. The van der Waals surface area contributed by atoms with Crippen molar-refractivity contribution < 1.29 is 24.3 Å². The smallest absolute Gasteiger partial charge is 0.323 e. The van der Waals surface area contributed by atoms with Crippen LogP contribution in [0, 0.1) is 17.8 Å². The van der Waals surface area contributed by atoms with Gasteiger partial charge in [-0.25, -0.2) is 0 Å². The van der Waals surface area contributed by atoms with Crippen LogP contribution in [0.4, 0.5) is 0 Å². The SMILES string of the molecule is C.CC[C@H](C)C(=O)C=[N+]=[N-].CC[C@H](C)C(=O)CBr.CC[C@H](C)C(=O)O. The van der Waals surface area contributed by atoms with Crippen molar-refractivity contribution in [2.45, 2.75) is 68.2 Å². The molecule has 6 nitrogen and oxygen atoms in total. The fourth-order valence-electron chi connectivity index (χ4n) is 0.919. The molecule has 0 saturated carbocycles. The summed E-state index contributed by atoms with van der Waals surface area (Å²) in [5.41, 5.74) is 7.93. The van der Waals surface area contributed by atoms with Gasteiger partial charge in [0.25, 0.3) is 0 Å². The second kappa shape index (κ2) is 20.7. The number of carboxylic acids is 1. The Morgan fingerprint density at radius 2 is 1.40 bits per heavy atom. The number of carboxylic acid groups (broad SMARTS) is 1. The zero-order valence-electron chi connectivity index (χ0n) is 15.6. The van der Waals surface area contributed by atoms with Crippen molar-refractivity contribution in [3.05, 3.63) is 5.53 Å². The normalized spacial score (nSPS) is 12.3. The van der Waals surface area contributed by atoms with Crippen LogP contribution in [0.1, 0.15) is 68.2 Å². The molecule has 148 valence electrons. The molecule has 0 unspecified atom stereocenters. The quantitative estimate of drug-likeness (QED) is 0.265. The fraction of sp³-hybridized carbons (Fsp3) is 0.778. The number of carbonyl (C=O) groups is 3. The van der Waals surface area contributed by atoms with Crippen molar-refractivity contribution >= 4 is 39.7 Å². The zero-order valence-corrected chi connectivity index (χ0v) is 17.2. The van der Waals surface area contributed by atoms with Gasteiger partial charge in [-0.15, -0.1) is 0 Å². The molecule has 0 aromatic carbocycles. The Morgan fingerprint density at radius 1 is 1.00 bits per heavy atom. The molecule has 0 fully saturated rings. The van der Waals surface area contributed by atoms with Gasteiger partial charge >= 0.3 is 12.2 Å². The van der Waals surface area contributed by atoms with Gasteiger partial charge in [-0.2, -0.15) is 4.79 Å². The Morgan fingerprint density at radius 3 is 1.56 bits per heavy atom. The van der Waals surface area contributed by atoms with Crippen molar-refractivity contribution in [1.29, 1.82) is 0 Å². The lowest BCUT2D eigenvalue weighted by molar-refractivity contribution is -0.141. The number of ketones is 2. The second-order valence-corrected chi connectivity index (χ2v) is 6.07. The van der Waals surface area contributed by atoms with E-state index in [4.69, 9.17) is 10.6 Å². The topological polar surface area (TPSA) is 108 Å². The maximum absolute atomic E-state index is 10.7. The van der Waals surface area contributed by atoms with Crippen LogP contribution in [0.5, 0.6) is 0 Å². The first-order valence-corrected chi connectivity index (χ1v) is 9.27. The van der Waals surface area contributed by atoms with Crippen LogP contribution in [0.3, 0.4) is 0 Å². The summed E-state index contributed by atoms with van der Waals surface area (Å²) < 4.78 is 0. The molecule has 0 aromatic rings. The summed E-state index contributed by atoms with van der Waals surface area (Å²) in [4.78, 5) is 33.9. The molecule has 0 saturated heterocycles. The van der Waals surface area contributed by atoms with Gasteiger partial charge in [0.05, 0.1) is 11.2 Å². The van der Waals surface area contributed by atoms with Gasteiger partial charge in [-0.3, -0.25) is 14.4 Å². The van der Waals surface area contributed by atoms with E-state index in [9.17, 15) is 14.4 Å². The standard InChI is InChI=1S/C6H11BrO.C6H10N2O.C5H10O2.CH4/c1-3-5(2)6(8)4-7;1-3-5(2)6(9)4-8-7;1-3-4(2)5(6)7;/h5H,3-4H2,1-2H3;4-5H,3H2,1-2H3;4H,3H2,1-2H3,(H,6,7);1H4/t2*5-;4-;/m000./s1. The van der Waals surface area contributed by atoms with E-state index in [1.807, 2.05) is 27.7 Å². The van der Waals surface area contributed by atoms with Crippen molar-refractivity contribution in [1.82, 2.24) is 0 Å². The third kappa shape index (κ3) is 20.6. The van der Waals surface area contributed by atoms with Crippen LogP contribution in [0.15, 0.2) is 0 Å². The van der Waals surface area contributed by atoms with Crippen LogP contribution in [0.25, 0.3) is 5.53 Å². The molecule has 0 rings (SSSR count). The molecule has 0 aliphatic carbocycles. The van der Waals surface area contributed by atoms with Crippen molar-refractivity contribution in [2.24, 2.45) is 17.8 Å². The van der Waals surface area contributed by atoms with Crippen molar-refractivity contribution in [3.8, 4) is 0 Å². The molecule has 0 spiro atoms. The third-order valence-electron chi connectivity index (χ3n) is 3.61. The van der Waals surface area contributed by atoms with Gasteiger partial charge in [0.2, 0.25) is 5.78 Å². The molecule has 0 amide bonds. The molecule has 1 N–H and O–H groups in total. The van der Waals surface area contributed by atoms with Crippen molar-refractivity contribution in [2.75, 3.05) is 5.33 Å². The van der Waals surface area contributed by atoms with E-state index in [-0.39, 0.29) is 31.0 Å². The molecule has 0 aliphatic rings. The molecule has 7 heteroatoms. The average Bonchev–Trinajstić information content (AvgIpc) is 2.59. The summed E-state index contributed by atoms with van der Waals surface area (Å²) in [5, 5.41) is 8.68. The maximum atomic E-state index is 10.7. The van der Waals surface area contributed by atoms with E-state index in [1.54, 1.807) is 13.8 Å². The number of aliphatic carboxylic acids is 1. The molecular weight excluding hydrogens is 388 g/mol. The van der Waals surface area contributed by atoms with E-state index >= 15 is 0 Å². The third-order valence-corrected chi connectivity index (χ3v) is 4.16. The number of halogens is 1. The summed E-state index contributed by atoms with van der Waals surface area (Å²) >= 11 is 3.11. The highest BCUT2D eigenvalue weighted by molar-refractivity contribution is 9.09. The molecule has 0 heterocycles. The summed E-state index contributed by atoms with van der Waals surface area (Å²) in [5.74, 6) is -0.509. The lowest BCUT2D eigenvalue weighted by Gasteiger charge is -2.01. The van der Waals surface area contributed by atoms with E-state index in [1.165, 1.54) is 0 Å². The monoisotopic (exact) mass is 422 g/mol. The molecule has 0 bridgehead atoms. The number of nitrogens with zero attached hydrogens (tertiary/aromatic N) is 2. The summed E-state index contributed by atoms with van der Waals surface area (Å²) in [6, 6.07) is 0. The first-order chi connectivity index (χ1) is 11.1. The molecule has 0 aliphatic heterocycles. The van der Waals surface area contributed by atoms with Crippen LogP contribution < -0.4 is 0 Å². The number of hydrogen-bond acceptors (Lipinski definition) is 3. The molecule has 0 radical (unpaired) electrons. The highest BCUT2D eigenvalue weighted by Crippen LogP contribution is 2.03. The van der Waals surface area contributed by atoms with Crippen LogP contribution in [0.2, 0.25) is 0 Å². The van der Waals surface area contributed by atoms with Crippen molar-refractivity contribution in [3.63, 3.8) is 0 Å². The second-order valence-electron chi connectivity index (χ2n) is 5.51. The lowest BCUT2D eigenvalue weighted by atomic mass is 10.1. The highest BCUT2D eigenvalue weighted by atomic mass is 79.9.